The lowest BCUT2D eigenvalue weighted by Gasteiger charge is -2.26. The molecule has 15 heavy (non-hydrogen) atoms. The third-order valence-electron chi connectivity index (χ3n) is 3.49. The van der Waals surface area contributed by atoms with Gasteiger partial charge < -0.3 is 9.52 Å². The van der Waals surface area contributed by atoms with Gasteiger partial charge in [0, 0.05) is 5.56 Å². The summed E-state index contributed by atoms with van der Waals surface area (Å²) < 4.78 is 5.47. The molecule has 0 amide bonds. The first-order valence-electron chi connectivity index (χ1n) is 5.93. The number of hydrogen-bond donors (Lipinski definition) is 1. The van der Waals surface area contributed by atoms with Gasteiger partial charge in [0.15, 0.2) is 0 Å². The standard InChI is InChI=1S/C13H20O2/c1-9-8-12(10(2)15-9)13(14)11-6-4-3-5-7-11/h8,11,13-14H,3-7H2,1-2H3. The van der Waals surface area contributed by atoms with E-state index in [0.29, 0.717) is 5.92 Å². The Morgan fingerprint density at radius 2 is 1.93 bits per heavy atom. The van der Waals surface area contributed by atoms with Gasteiger partial charge in [-0.05, 0) is 38.7 Å². The zero-order valence-electron chi connectivity index (χ0n) is 9.62. The van der Waals surface area contributed by atoms with E-state index in [4.69, 9.17) is 4.42 Å². The highest BCUT2D eigenvalue weighted by molar-refractivity contribution is 5.23. The summed E-state index contributed by atoms with van der Waals surface area (Å²) in [7, 11) is 0. The van der Waals surface area contributed by atoms with Crippen LogP contribution in [-0.4, -0.2) is 5.11 Å². The topological polar surface area (TPSA) is 33.4 Å². The van der Waals surface area contributed by atoms with E-state index < -0.39 is 0 Å². The molecule has 84 valence electrons. The summed E-state index contributed by atoms with van der Waals surface area (Å²) in [6.07, 6.45) is 5.85. The van der Waals surface area contributed by atoms with Gasteiger partial charge in [0.25, 0.3) is 0 Å². The normalized spacial score (nSPS) is 20.5. The minimum Gasteiger partial charge on any atom is -0.466 e. The van der Waals surface area contributed by atoms with Crippen molar-refractivity contribution in [3.8, 4) is 0 Å². The van der Waals surface area contributed by atoms with Crippen LogP contribution >= 0.6 is 0 Å². The highest BCUT2D eigenvalue weighted by Gasteiger charge is 2.25. The van der Waals surface area contributed by atoms with Crippen LogP contribution in [0.25, 0.3) is 0 Å². The molecule has 0 bridgehead atoms. The second kappa shape index (κ2) is 4.40. The molecule has 1 fully saturated rings. The molecule has 2 heteroatoms. The lowest BCUT2D eigenvalue weighted by molar-refractivity contribution is 0.0835. The van der Waals surface area contributed by atoms with E-state index in [-0.39, 0.29) is 6.10 Å². The van der Waals surface area contributed by atoms with Crippen molar-refractivity contribution in [2.45, 2.75) is 52.1 Å². The van der Waals surface area contributed by atoms with Crippen LogP contribution < -0.4 is 0 Å². The van der Waals surface area contributed by atoms with Gasteiger partial charge in [-0.1, -0.05) is 19.3 Å². The fourth-order valence-corrected chi connectivity index (χ4v) is 2.65. The first-order chi connectivity index (χ1) is 7.18. The minimum absolute atomic E-state index is 0.317. The fourth-order valence-electron chi connectivity index (χ4n) is 2.65. The van der Waals surface area contributed by atoms with E-state index in [2.05, 4.69) is 0 Å². The minimum atomic E-state index is -0.317. The molecule has 1 aromatic rings. The molecule has 2 nitrogen and oxygen atoms in total. The van der Waals surface area contributed by atoms with E-state index in [1.807, 2.05) is 19.9 Å². The average Bonchev–Trinajstić information content (AvgIpc) is 2.58. The SMILES string of the molecule is Cc1cc(C(O)C2CCCCC2)c(C)o1. The molecule has 1 aliphatic rings. The third-order valence-corrected chi connectivity index (χ3v) is 3.49. The number of aryl methyl sites for hydroxylation is 2. The van der Waals surface area contributed by atoms with Crippen molar-refractivity contribution in [1.29, 1.82) is 0 Å². The molecule has 0 radical (unpaired) electrons. The Kier molecular flexibility index (Phi) is 3.15. The van der Waals surface area contributed by atoms with E-state index in [9.17, 15) is 5.11 Å². The van der Waals surface area contributed by atoms with Gasteiger partial charge in [0.05, 0.1) is 6.10 Å². The van der Waals surface area contributed by atoms with Crippen LogP contribution in [0.15, 0.2) is 10.5 Å². The molecule has 1 aliphatic carbocycles. The Balaban J connectivity index is 2.12. The van der Waals surface area contributed by atoms with E-state index in [1.165, 1.54) is 19.3 Å². The summed E-state index contributed by atoms with van der Waals surface area (Å²) in [4.78, 5) is 0. The van der Waals surface area contributed by atoms with Crippen LogP contribution in [0.4, 0.5) is 0 Å². The largest absolute Gasteiger partial charge is 0.466 e. The maximum absolute atomic E-state index is 10.3. The predicted molar refractivity (Wildman–Crippen MR) is 59.7 cm³/mol. The summed E-state index contributed by atoms with van der Waals surface area (Å²) in [6.45, 7) is 3.87. The molecule has 0 saturated heterocycles. The van der Waals surface area contributed by atoms with Crippen molar-refractivity contribution in [1.82, 2.24) is 0 Å². The molecule has 1 N–H and O–H groups in total. The van der Waals surface area contributed by atoms with Crippen molar-refractivity contribution in [2.24, 2.45) is 5.92 Å². The highest BCUT2D eigenvalue weighted by Crippen LogP contribution is 2.36. The third kappa shape index (κ3) is 2.25. The second-order valence-corrected chi connectivity index (χ2v) is 4.71. The fraction of sp³-hybridized carbons (Fsp3) is 0.692. The first-order valence-corrected chi connectivity index (χ1v) is 5.93. The number of rotatable bonds is 2. The van der Waals surface area contributed by atoms with E-state index >= 15 is 0 Å². The first kappa shape index (κ1) is 10.7. The molecule has 1 heterocycles. The molecule has 0 spiro atoms. The molecule has 1 atom stereocenters. The van der Waals surface area contributed by atoms with Gasteiger partial charge in [0.1, 0.15) is 11.5 Å². The maximum Gasteiger partial charge on any atom is 0.106 e. The number of aliphatic hydroxyl groups is 1. The Hall–Kier alpha value is -0.760. The maximum atomic E-state index is 10.3. The van der Waals surface area contributed by atoms with Crippen LogP contribution in [0.3, 0.4) is 0 Å². The zero-order chi connectivity index (χ0) is 10.8. The molecule has 0 aliphatic heterocycles. The number of aliphatic hydroxyl groups excluding tert-OH is 1. The Morgan fingerprint density at radius 3 is 2.47 bits per heavy atom. The quantitative estimate of drug-likeness (QED) is 0.806. The monoisotopic (exact) mass is 208 g/mol. The van der Waals surface area contributed by atoms with Crippen molar-refractivity contribution < 1.29 is 9.52 Å². The van der Waals surface area contributed by atoms with Gasteiger partial charge >= 0.3 is 0 Å². The molecular weight excluding hydrogens is 188 g/mol. The zero-order valence-corrected chi connectivity index (χ0v) is 9.62. The molecule has 1 unspecified atom stereocenters. The van der Waals surface area contributed by atoms with Crippen LogP contribution in [0.2, 0.25) is 0 Å². The Bertz CT molecular complexity index is 321. The van der Waals surface area contributed by atoms with Crippen molar-refractivity contribution in [3.05, 3.63) is 23.2 Å². The number of furan rings is 1. The van der Waals surface area contributed by atoms with E-state index in [0.717, 1.165) is 29.9 Å². The number of hydrogen-bond acceptors (Lipinski definition) is 2. The Morgan fingerprint density at radius 1 is 1.27 bits per heavy atom. The van der Waals surface area contributed by atoms with Crippen LogP contribution in [0.5, 0.6) is 0 Å². The lowest BCUT2D eigenvalue weighted by Crippen LogP contribution is -2.16. The summed E-state index contributed by atoms with van der Waals surface area (Å²) in [5, 5.41) is 10.3. The molecule has 2 rings (SSSR count). The molecule has 1 saturated carbocycles. The average molecular weight is 208 g/mol. The summed E-state index contributed by atoms with van der Waals surface area (Å²) >= 11 is 0. The molecule has 1 aromatic heterocycles. The van der Waals surface area contributed by atoms with Crippen molar-refractivity contribution in [2.75, 3.05) is 0 Å². The van der Waals surface area contributed by atoms with Gasteiger partial charge in [-0.2, -0.15) is 0 Å². The lowest BCUT2D eigenvalue weighted by atomic mass is 9.83. The van der Waals surface area contributed by atoms with Crippen molar-refractivity contribution in [3.63, 3.8) is 0 Å². The smallest absolute Gasteiger partial charge is 0.106 e. The Labute approximate surface area is 91.3 Å². The van der Waals surface area contributed by atoms with Gasteiger partial charge in [-0.25, -0.2) is 0 Å². The predicted octanol–water partition coefficient (Wildman–Crippen LogP) is 3.51. The highest BCUT2D eigenvalue weighted by atomic mass is 16.3. The van der Waals surface area contributed by atoms with E-state index in [1.54, 1.807) is 0 Å². The summed E-state index contributed by atoms with van der Waals surface area (Å²) in [5.41, 5.74) is 0.999. The van der Waals surface area contributed by atoms with Crippen LogP contribution in [0, 0.1) is 19.8 Å². The van der Waals surface area contributed by atoms with Gasteiger partial charge in [-0.15, -0.1) is 0 Å². The van der Waals surface area contributed by atoms with Crippen LogP contribution in [-0.2, 0) is 0 Å². The second-order valence-electron chi connectivity index (χ2n) is 4.71. The summed E-state index contributed by atoms with van der Waals surface area (Å²) in [6, 6.07) is 1.98. The van der Waals surface area contributed by atoms with Gasteiger partial charge in [0.2, 0.25) is 0 Å². The van der Waals surface area contributed by atoms with Gasteiger partial charge in [-0.3, -0.25) is 0 Å². The van der Waals surface area contributed by atoms with Crippen molar-refractivity contribution >= 4 is 0 Å². The summed E-state index contributed by atoms with van der Waals surface area (Å²) in [5.74, 6) is 2.22. The molecule has 0 aromatic carbocycles. The molecular formula is C13H20O2. The van der Waals surface area contributed by atoms with Crippen LogP contribution in [0.1, 0.15) is 55.3 Å².